The van der Waals surface area contributed by atoms with Gasteiger partial charge in [0.25, 0.3) is 0 Å². The minimum Gasteiger partial charge on any atom is -0.478 e. The van der Waals surface area contributed by atoms with Crippen molar-refractivity contribution in [3.05, 3.63) is 42.0 Å². The molecule has 2 aromatic rings. The first kappa shape index (κ1) is 14.7. The number of hydrogen-bond donors (Lipinski definition) is 1. The molecule has 3 rings (SSSR count). The highest BCUT2D eigenvalue weighted by atomic mass is 16.5. The molecule has 1 unspecified atom stereocenters. The van der Waals surface area contributed by atoms with E-state index in [9.17, 15) is 0 Å². The highest BCUT2D eigenvalue weighted by molar-refractivity contribution is 5.39. The number of anilines is 1. The summed E-state index contributed by atoms with van der Waals surface area (Å²) in [4.78, 5) is 13.3. The smallest absolute Gasteiger partial charge is 0.218 e. The predicted octanol–water partition coefficient (Wildman–Crippen LogP) is 2.73. The van der Waals surface area contributed by atoms with Gasteiger partial charge in [0.2, 0.25) is 5.88 Å². The first-order valence-corrected chi connectivity index (χ1v) is 7.62. The second kappa shape index (κ2) is 7.17. The SMILES string of the molecule is CCOc1cc(NCc2ccccn2)nc(C2CCCO2)n1. The van der Waals surface area contributed by atoms with Gasteiger partial charge in [-0.1, -0.05) is 6.07 Å². The molecular weight excluding hydrogens is 280 g/mol. The molecule has 3 heterocycles. The van der Waals surface area contributed by atoms with Gasteiger partial charge in [-0.25, -0.2) is 4.98 Å². The van der Waals surface area contributed by atoms with Crippen molar-refractivity contribution in [1.82, 2.24) is 15.0 Å². The molecule has 0 bridgehead atoms. The Morgan fingerprint density at radius 3 is 3.05 bits per heavy atom. The average Bonchev–Trinajstić information content (AvgIpc) is 3.09. The average molecular weight is 300 g/mol. The number of aromatic nitrogens is 3. The van der Waals surface area contributed by atoms with Crippen molar-refractivity contribution in [1.29, 1.82) is 0 Å². The zero-order valence-corrected chi connectivity index (χ0v) is 12.7. The molecule has 1 fully saturated rings. The number of rotatable bonds is 6. The van der Waals surface area contributed by atoms with Gasteiger partial charge in [-0.05, 0) is 31.9 Å². The molecule has 1 saturated heterocycles. The Bertz CT molecular complexity index is 600. The summed E-state index contributed by atoms with van der Waals surface area (Å²) in [5.74, 6) is 1.99. The van der Waals surface area contributed by atoms with Crippen molar-refractivity contribution in [2.24, 2.45) is 0 Å². The molecule has 6 heteroatoms. The summed E-state index contributed by atoms with van der Waals surface area (Å²) in [5, 5.41) is 3.27. The lowest BCUT2D eigenvalue weighted by molar-refractivity contribution is 0.104. The monoisotopic (exact) mass is 300 g/mol. The molecule has 2 aromatic heterocycles. The maximum absolute atomic E-state index is 5.67. The minimum absolute atomic E-state index is 0.0317. The maximum atomic E-state index is 5.67. The summed E-state index contributed by atoms with van der Waals surface area (Å²) in [6.07, 6.45) is 3.75. The van der Waals surface area contributed by atoms with Gasteiger partial charge >= 0.3 is 0 Å². The van der Waals surface area contributed by atoms with Crippen LogP contribution in [0, 0.1) is 0 Å². The lowest BCUT2D eigenvalue weighted by Crippen LogP contribution is -2.10. The molecule has 6 nitrogen and oxygen atoms in total. The molecule has 1 atom stereocenters. The van der Waals surface area contributed by atoms with Crippen LogP contribution in [0.2, 0.25) is 0 Å². The van der Waals surface area contributed by atoms with Crippen LogP contribution in [-0.4, -0.2) is 28.2 Å². The van der Waals surface area contributed by atoms with E-state index in [4.69, 9.17) is 9.47 Å². The lowest BCUT2D eigenvalue weighted by Gasteiger charge is -2.13. The molecule has 1 aliphatic heterocycles. The topological polar surface area (TPSA) is 69.2 Å². The lowest BCUT2D eigenvalue weighted by atomic mass is 10.2. The van der Waals surface area contributed by atoms with Crippen LogP contribution >= 0.6 is 0 Å². The molecule has 22 heavy (non-hydrogen) atoms. The number of pyridine rings is 1. The highest BCUT2D eigenvalue weighted by Gasteiger charge is 2.22. The molecule has 0 radical (unpaired) electrons. The number of ether oxygens (including phenoxy) is 2. The van der Waals surface area contributed by atoms with E-state index < -0.39 is 0 Å². The van der Waals surface area contributed by atoms with Crippen LogP contribution in [0.3, 0.4) is 0 Å². The standard InChI is InChI=1S/C16H20N4O2/c1-2-21-15-10-14(18-11-12-6-3-4-8-17-12)19-16(20-15)13-7-5-9-22-13/h3-4,6,8,10,13H,2,5,7,9,11H2,1H3,(H,18,19,20). The second-order valence-electron chi connectivity index (χ2n) is 5.06. The summed E-state index contributed by atoms with van der Waals surface area (Å²) in [5.41, 5.74) is 0.956. The fourth-order valence-corrected chi connectivity index (χ4v) is 2.36. The Kier molecular flexibility index (Phi) is 4.80. The van der Waals surface area contributed by atoms with E-state index in [0.29, 0.717) is 24.9 Å². The summed E-state index contributed by atoms with van der Waals surface area (Å²) < 4.78 is 11.2. The van der Waals surface area contributed by atoms with Crippen LogP contribution in [0.5, 0.6) is 5.88 Å². The molecule has 0 spiro atoms. The third-order valence-electron chi connectivity index (χ3n) is 3.41. The van der Waals surface area contributed by atoms with Gasteiger partial charge in [0.05, 0.1) is 18.8 Å². The maximum Gasteiger partial charge on any atom is 0.218 e. The fourth-order valence-electron chi connectivity index (χ4n) is 2.36. The van der Waals surface area contributed by atoms with Crippen LogP contribution in [0.4, 0.5) is 5.82 Å². The molecule has 0 amide bonds. The molecular formula is C16H20N4O2. The first-order chi connectivity index (χ1) is 10.8. The highest BCUT2D eigenvalue weighted by Crippen LogP contribution is 2.28. The van der Waals surface area contributed by atoms with Crippen LogP contribution < -0.4 is 10.1 Å². The Morgan fingerprint density at radius 1 is 1.36 bits per heavy atom. The van der Waals surface area contributed by atoms with Crippen molar-refractivity contribution >= 4 is 5.82 Å². The van der Waals surface area contributed by atoms with E-state index in [-0.39, 0.29) is 6.10 Å². The van der Waals surface area contributed by atoms with Crippen molar-refractivity contribution in [2.75, 3.05) is 18.5 Å². The molecule has 116 valence electrons. The Balaban J connectivity index is 1.76. The van der Waals surface area contributed by atoms with Crippen LogP contribution in [0.1, 0.15) is 37.4 Å². The van der Waals surface area contributed by atoms with Crippen molar-refractivity contribution in [3.63, 3.8) is 0 Å². The summed E-state index contributed by atoms with van der Waals surface area (Å²) in [6, 6.07) is 7.65. The van der Waals surface area contributed by atoms with Gasteiger partial charge in [0.15, 0.2) is 5.82 Å². The molecule has 1 aliphatic rings. The van der Waals surface area contributed by atoms with E-state index in [1.807, 2.05) is 31.2 Å². The van der Waals surface area contributed by atoms with Gasteiger partial charge in [0, 0.05) is 18.9 Å². The van der Waals surface area contributed by atoms with Gasteiger partial charge < -0.3 is 14.8 Å². The fraction of sp³-hybridized carbons (Fsp3) is 0.438. The van der Waals surface area contributed by atoms with E-state index >= 15 is 0 Å². The Hall–Kier alpha value is -2.21. The Labute approximate surface area is 129 Å². The van der Waals surface area contributed by atoms with Gasteiger partial charge in [-0.15, -0.1) is 0 Å². The van der Waals surface area contributed by atoms with Gasteiger partial charge in [-0.3, -0.25) is 4.98 Å². The summed E-state index contributed by atoms with van der Waals surface area (Å²) in [7, 11) is 0. The summed E-state index contributed by atoms with van der Waals surface area (Å²) in [6.45, 7) is 3.88. The molecule has 1 N–H and O–H groups in total. The minimum atomic E-state index is -0.0317. The van der Waals surface area contributed by atoms with Gasteiger partial charge in [-0.2, -0.15) is 4.98 Å². The zero-order chi connectivity index (χ0) is 15.2. The first-order valence-electron chi connectivity index (χ1n) is 7.62. The van der Waals surface area contributed by atoms with E-state index in [0.717, 1.165) is 31.0 Å². The Morgan fingerprint density at radius 2 is 2.32 bits per heavy atom. The summed E-state index contributed by atoms with van der Waals surface area (Å²) >= 11 is 0. The van der Waals surface area contributed by atoms with Crippen molar-refractivity contribution in [2.45, 2.75) is 32.4 Å². The third kappa shape index (κ3) is 3.71. The molecule has 0 aromatic carbocycles. The normalized spacial score (nSPS) is 17.4. The van der Waals surface area contributed by atoms with Gasteiger partial charge in [0.1, 0.15) is 11.9 Å². The van der Waals surface area contributed by atoms with Crippen molar-refractivity contribution in [3.8, 4) is 5.88 Å². The van der Waals surface area contributed by atoms with E-state index in [1.165, 1.54) is 0 Å². The molecule has 0 aliphatic carbocycles. The number of nitrogens with one attached hydrogen (secondary N) is 1. The largest absolute Gasteiger partial charge is 0.478 e. The second-order valence-corrected chi connectivity index (χ2v) is 5.06. The van der Waals surface area contributed by atoms with Crippen LogP contribution in [-0.2, 0) is 11.3 Å². The zero-order valence-electron chi connectivity index (χ0n) is 12.7. The third-order valence-corrected chi connectivity index (χ3v) is 3.41. The van der Waals surface area contributed by atoms with E-state index in [1.54, 1.807) is 6.20 Å². The quantitative estimate of drug-likeness (QED) is 0.884. The van der Waals surface area contributed by atoms with Crippen molar-refractivity contribution < 1.29 is 9.47 Å². The van der Waals surface area contributed by atoms with E-state index in [2.05, 4.69) is 20.3 Å². The molecule has 0 saturated carbocycles. The van der Waals surface area contributed by atoms with Crippen LogP contribution in [0.25, 0.3) is 0 Å². The number of hydrogen-bond acceptors (Lipinski definition) is 6. The van der Waals surface area contributed by atoms with Crippen LogP contribution in [0.15, 0.2) is 30.5 Å². The number of nitrogens with zero attached hydrogens (tertiary/aromatic N) is 3. The predicted molar refractivity (Wildman–Crippen MR) is 82.7 cm³/mol.